The van der Waals surface area contributed by atoms with Gasteiger partial charge in [0.1, 0.15) is 5.75 Å². The molecule has 0 saturated carbocycles. The summed E-state index contributed by atoms with van der Waals surface area (Å²) in [7, 11) is 1.59. The molecule has 6 heteroatoms. The molecule has 2 atom stereocenters. The van der Waals surface area contributed by atoms with Crippen LogP contribution in [0.3, 0.4) is 0 Å². The van der Waals surface area contributed by atoms with Crippen molar-refractivity contribution in [1.29, 1.82) is 0 Å². The van der Waals surface area contributed by atoms with Gasteiger partial charge in [0.05, 0.1) is 18.7 Å². The van der Waals surface area contributed by atoms with Gasteiger partial charge in [-0.1, -0.05) is 42.5 Å². The number of ether oxygens (including phenoxy) is 1. The Morgan fingerprint density at radius 2 is 1.87 bits per heavy atom. The van der Waals surface area contributed by atoms with Gasteiger partial charge in [0.15, 0.2) is 0 Å². The maximum Gasteiger partial charge on any atom is 0.227 e. The van der Waals surface area contributed by atoms with Crippen LogP contribution in [0.25, 0.3) is 0 Å². The molecule has 6 nitrogen and oxygen atoms in total. The van der Waals surface area contributed by atoms with Crippen molar-refractivity contribution in [2.24, 2.45) is 5.92 Å². The van der Waals surface area contributed by atoms with E-state index in [2.05, 4.69) is 34.5 Å². The fraction of sp³-hybridized carbons (Fsp3) is 0.417. The standard InChI is InChI=1S/C24H29N3O3/c1-30-22-12-6-5-11-21(22)27-16-19(14-23(27)28)24(29)25-20-10-7-13-26(17-20)15-18-8-3-2-4-9-18/h2-6,8-9,11-12,19-20H,7,10,13-17H2,1H3,(H,25,29). The molecule has 0 radical (unpaired) electrons. The highest BCUT2D eigenvalue weighted by Crippen LogP contribution is 2.32. The van der Waals surface area contributed by atoms with E-state index in [1.165, 1.54) is 5.56 Å². The second kappa shape index (κ2) is 9.30. The summed E-state index contributed by atoms with van der Waals surface area (Å²) in [6.07, 6.45) is 2.28. The van der Waals surface area contributed by atoms with Crippen LogP contribution in [-0.4, -0.2) is 49.5 Å². The highest BCUT2D eigenvalue weighted by Gasteiger charge is 2.37. The molecular formula is C24H29N3O3. The van der Waals surface area contributed by atoms with Crippen molar-refractivity contribution in [3.63, 3.8) is 0 Å². The van der Waals surface area contributed by atoms with Gasteiger partial charge in [-0.2, -0.15) is 0 Å². The Kier molecular flexibility index (Phi) is 6.33. The van der Waals surface area contributed by atoms with Crippen LogP contribution in [0, 0.1) is 5.92 Å². The minimum atomic E-state index is -0.327. The Labute approximate surface area is 177 Å². The molecule has 2 aromatic rings. The van der Waals surface area contributed by atoms with Crippen LogP contribution in [0.5, 0.6) is 5.75 Å². The Bertz CT molecular complexity index is 886. The third-order valence-corrected chi connectivity index (χ3v) is 5.97. The average molecular weight is 408 g/mol. The maximum absolute atomic E-state index is 12.9. The summed E-state index contributed by atoms with van der Waals surface area (Å²) in [4.78, 5) is 29.6. The molecule has 2 unspecified atom stereocenters. The van der Waals surface area contributed by atoms with Crippen molar-refractivity contribution in [3.05, 3.63) is 60.2 Å². The lowest BCUT2D eigenvalue weighted by atomic mass is 10.0. The van der Waals surface area contributed by atoms with E-state index in [4.69, 9.17) is 4.74 Å². The number of carbonyl (C=O) groups is 2. The molecule has 2 aromatic carbocycles. The lowest BCUT2D eigenvalue weighted by Gasteiger charge is -2.33. The van der Waals surface area contributed by atoms with E-state index in [1.807, 2.05) is 30.3 Å². The summed E-state index contributed by atoms with van der Waals surface area (Å²) in [6.45, 7) is 3.18. The number of hydrogen-bond acceptors (Lipinski definition) is 4. The number of para-hydroxylation sites is 2. The minimum absolute atomic E-state index is 0.0210. The van der Waals surface area contributed by atoms with Crippen LogP contribution in [0.15, 0.2) is 54.6 Å². The second-order valence-corrected chi connectivity index (χ2v) is 8.15. The molecule has 2 aliphatic rings. The highest BCUT2D eigenvalue weighted by atomic mass is 16.5. The first-order chi connectivity index (χ1) is 14.6. The molecule has 2 saturated heterocycles. The Hall–Kier alpha value is -2.86. The molecular weight excluding hydrogens is 378 g/mol. The van der Waals surface area contributed by atoms with Crippen LogP contribution in [0.2, 0.25) is 0 Å². The first-order valence-corrected chi connectivity index (χ1v) is 10.6. The van der Waals surface area contributed by atoms with E-state index < -0.39 is 0 Å². The van der Waals surface area contributed by atoms with Crippen molar-refractivity contribution >= 4 is 17.5 Å². The summed E-state index contributed by atoms with van der Waals surface area (Å²) in [6, 6.07) is 18.0. The van der Waals surface area contributed by atoms with E-state index in [0.29, 0.717) is 12.3 Å². The van der Waals surface area contributed by atoms with Crippen molar-refractivity contribution in [3.8, 4) is 5.75 Å². The molecule has 2 amide bonds. The van der Waals surface area contributed by atoms with E-state index >= 15 is 0 Å². The van der Waals surface area contributed by atoms with Gasteiger partial charge >= 0.3 is 0 Å². The number of benzene rings is 2. The topological polar surface area (TPSA) is 61.9 Å². The van der Waals surface area contributed by atoms with Crippen molar-refractivity contribution in [2.75, 3.05) is 31.6 Å². The molecule has 158 valence electrons. The normalized spacial score (nSPS) is 22.2. The number of methoxy groups -OCH3 is 1. The fourth-order valence-electron chi connectivity index (χ4n) is 4.45. The Balaban J connectivity index is 1.34. The van der Waals surface area contributed by atoms with Crippen LogP contribution in [0.4, 0.5) is 5.69 Å². The molecule has 0 aliphatic carbocycles. The monoisotopic (exact) mass is 407 g/mol. The number of nitrogens with one attached hydrogen (secondary N) is 1. The SMILES string of the molecule is COc1ccccc1N1CC(C(=O)NC2CCCN(Cc3ccccc3)C2)CC1=O. The molecule has 0 bridgehead atoms. The second-order valence-electron chi connectivity index (χ2n) is 8.15. The molecule has 2 fully saturated rings. The summed E-state index contributed by atoms with van der Waals surface area (Å²) < 4.78 is 5.38. The van der Waals surface area contributed by atoms with Gasteiger partial charge in [-0.3, -0.25) is 14.5 Å². The zero-order valence-corrected chi connectivity index (χ0v) is 17.4. The smallest absolute Gasteiger partial charge is 0.227 e. The molecule has 1 N–H and O–H groups in total. The number of hydrogen-bond donors (Lipinski definition) is 1. The average Bonchev–Trinajstić information content (AvgIpc) is 3.16. The van der Waals surface area contributed by atoms with Crippen LogP contribution < -0.4 is 15.0 Å². The van der Waals surface area contributed by atoms with Crippen molar-refractivity contribution in [1.82, 2.24) is 10.2 Å². The molecule has 0 aromatic heterocycles. The van der Waals surface area contributed by atoms with E-state index in [9.17, 15) is 9.59 Å². The summed E-state index contributed by atoms with van der Waals surface area (Å²) in [5, 5.41) is 3.21. The molecule has 2 aliphatic heterocycles. The Morgan fingerprint density at radius 1 is 1.10 bits per heavy atom. The maximum atomic E-state index is 12.9. The largest absolute Gasteiger partial charge is 0.495 e. The zero-order valence-electron chi connectivity index (χ0n) is 17.4. The lowest BCUT2D eigenvalue weighted by molar-refractivity contribution is -0.127. The number of likely N-dealkylation sites (tertiary alicyclic amines) is 1. The molecule has 4 rings (SSSR count). The van der Waals surface area contributed by atoms with Gasteiger partial charge in [-0.25, -0.2) is 0 Å². The lowest BCUT2D eigenvalue weighted by Crippen LogP contribution is -2.49. The number of amides is 2. The molecule has 0 spiro atoms. The number of carbonyl (C=O) groups excluding carboxylic acids is 2. The van der Waals surface area contributed by atoms with Gasteiger partial charge in [-0.05, 0) is 37.1 Å². The number of nitrogens with zero attached hydrogens (tertiary/aromatic N) is 2. The number of rotatable bonds is 6. The van der Waals surface area contributed by atoms with Gasteiger partial charge in [0, 0.05) is 32.1 Å². The van der Waals surface area contributed by atoms with Gasteiger partial charge in [0.2, 0.25) is 11.8 Å². The van der Waals surface area contributed by atoms with Gasteiger partial charge in [0.25, 0.3) is 0 Å². The van der Waals surface area contributed by atoms with Crippen LogP contribution in [-0.2, 0) is 16.1 Å². The minimum Gasteiger partial charge on any atom is -0.495 e. The number of piperidine rings is 1. The summed E-state index contributed by atoms with van der Waals surface area (Å²) in [5.74, 6) is 0.268. The molecule has 30 heavy (non-hydrogen) atoms. The molecule has 2 heterocycles. The van der Waals surface area contributed by atoms with Crippen molar-refractivity contribution in [2.45, 2.75) is 31.8 Å². The summed E-state index contributed by atoms with van der Waals surface area (Å²) >= 11 is 0. The van der Waals surface area contributed by atoms with Crippen LogP contribution >= 0.6 is 0 Å². The van der Waals surface area contributed by atoms with E-state index in [-0.39, 0.29) is 30.2 Å². The van der Waals surface area contributed by atoms with E-state index in [1.54, 1.807) is 12.0 Å². The third-order valence-electron chi connectivity index (χ3n) is 5.97. The highest BCUT2D eigenvalue weighted by molar-refractivity contribution is 6.01. The third kappa shape index (κ3) is 4.65. The first kappa shape index (κ1) is 20.4. The number of anilines is 1. The van der Waals surface area contributed by atoms with Crippen molar-refractivity contribution < 1.29 is 14.3 Å². The zero-order chi connectivity index (χ0) is 20.9. The predicted molar refractivity (Wildman–Crippen MR) is 116 cm³/mol. The Morgan fingerprint density at radius 3 is 2.67 bits per heavy atom. The quantitative estimate of drug-likeness (QED) is 0.800. The van der Waals surface area contributed by atoms with Crippen LogP contribution in [0.1, 0.15) is 24.8 Å². The first-order valence-electron chi connectivity index (χ1n) is 10.6. The van der Waals surface area contributed by atoms with E-state index in [0.717, 1.165) is 38.2 Å². The van der Waals surface area contributed by atoms with Gasteiger partial charge in [-0.15, -0.1) is 0 Å². The predicted octanol–water partition coefficient (Wildman–Crippen LogP) is 2.83. The van der Waals surface area contributed by atoms with Gasteiger partial charge < -0.3 is 15.0 Å². The summed E-state index contributed by atoms with van der Waals surface area (Å²) in [5.41, 5.74) is 2.02. The fourth-order valence-corrected chi connectivity index (χ4v) is 4.45.